The second kappa shape index (κ2) is 9.27. The number of nitrogens with zero attached hydrogens (tertiary/aromatic N) is 1. The Morgan fingerprint density at radius 1 is 1.00 bits per heavy atom. The average Bonchev–Trinajstić information content (AvgIpc) is 3.34. The highest BCUT2D eigenvalue weighted by molar-refractivity contribution is 7.13. The van der Waals surface area contributed by atoms with Crippen molar-refractivity contribution < 1.29 is 14.3 Å². The van der Waals surface area contributed by atoms with Gasteiger partial charge < -0.3 is 14.5 Å². The smallest absolute Gasteiger partial charge is 0.258 e. The van der Waals surface area contributed by atoms with E-state index in [0.29, 0.717) is 41.3 Å². The number of methoxy groups -OCH3 is 1. The number of ketones is 1. The highest BCUT2D eigenvalue weighted by Crippen LogP contribution is 2.34. The van der Waals surface area contributed by atoms with Crippen LogP contribution >= 0.6 is 11.3 Å². The van der Waals surface area contributed by atoms with Gasteiger partial charge in [0.05, 0.1) is 25.0 Å². The van der Waals surface area contributed by atoms with E-state index in [1.807, 2.05) is 60.8 Å². The third-order valence-electron chi connectivity index (χ3n) is 6.09. The lowest BCUT2D eigenvalue weighted by atomic mass is 9.81. The first-order chi connectivity index (χ1) is 16.6. The summed E-state index contributed by atoms with van der Waals surface area (Å²) in [6, 6.07) is 17.2. The van der Waals surface area contributed by atoms with E-state index in [2.05, 4.69) is 9.97 Å². The van der Waals surface area contributed by atoms with E-state index in [0.717, 1.165) is 28.3 Å². The van der Waals surface area contributed by atoms with E-state index in [1.165, 1.54) is 11.3 Å². The fraction of sp³-hybridized carbons (Fsp3) is 0.222. The summed E-state index contributed by atoms with van der Waals surface area (Å²) in [4.78, 5) is 33.6. The number of pyridine rings is 1. The molecule has 1 unspecified atom stereocenters. The van der Waals surface area contributed by atoms with Gasteiger partial charge >= 0.3 is 0 Å². The summed E-state index contributed by atoms with van der Waals surface area (Å²) >= 11 is 1.39. The number of aromatic nitrogens is 2. The van der Waals surface area contributed by atoms with Crippen LogP contribution in [0.1, 0.15) is 40.9 Å². The molecular formula is C27H24N2O4S. The first-order valence-corrected chi connectivity index (χ1v) is 12.1. The Morgan fingerprint density at radius 3 is 2.44 bits per heavy atom. The molecule has 0 aliphatic heterocycles. The number of carbonyl (C=O) groups excluding carboxylic acids is 1. The van der Waals surface area contributed by atoms with E-state index in [4.69, 9.17) is 9.47 Å². The highest BCUT2D eigenvalue weighted by Gasteiger charge is 2.28. The average molecular weight is 473 g/mol. The monoisotopic (exact) mass is 472 g/mol. The fourth-order valence-corrected chi connectivity index (χ4v) is 5.16. The van der Waals surface area contributed by atoms with Gasteiger partial charge in [-0.05, 0) is 67.3 Å². The van der Waals surface area contributed by atoms with Crippen LogP contribution in [0.25, 0.3) is 21.8 Å². The van der Waals surface area contributed by atoms with Crippen molar-refractivity contribution >= 4 is 17.1 Å². The Bertz CT molecular complexity index is 1390. The van der Waals surface area contributed by atoms with E-state index < -0.39 is 0 Å². The zero-order valence-corrected chi connectivity index (χ0v) is 19.8. The number of fused-ring (bicyclic) bond motifs is 1. The number of aromatic amines is 1. The number of rotatable bonds is 6. The van der Waals surface area contributed by atoms with Crippen LogP contribution in [0, 0.1) is 0 Å². The van der Waals surface area contributed by atoms with Crippen LogP contribution in [0.3, 0.4) is 0 Å². The molecule has 4 aromatic rings. The lowest BCUT2D eigenvalue weighted by Gasteiger charge is -2.24. The summed E-state index contributed by atoms with van der Waals surface area (Å²) < 4.78 is 10.7. The van der Waals surface area contributed by atoms with E-state index in [9.17, 15) is 9.59 Å². The van der Waals surface area contributed by atoms with E-state index >= 15 is 0 Å². The van der Waals surface area contributed by atoms with Crippen molar-refractivity contribution in [3.63, 3.8) is 0 Å². The van der Waals surface area contributed by atoms with Gasteiger partial charge in [0.15, 0.2) is 5.78 Å². The zero-order chi connectivity index (χ0) is 23.7. The number of hydrogen-bond donors (Lipinski definition) is 1. The predicted octanol–water partition coefficient (Wildman–Crippen LogP) is 5.49. The molecule has 0 spiro atoms. The third-order valence-corrected chi connectivity index (χ3v) is 6.96. The van der Waals surface area contributed by atoms with Gasteiger partial charge in [0.1, 0.15) is 16.5 Å². The number of ether oxygens (including phenoxy) is 2. The lowest BCUT2D eigenvalue weighted by Crippen LogP contribution is -2.24. The largest absolute Gasteiger partial charge is 0.497 e. The molecular weight excluding hydrogens is 448 g/mol. The number of hydrogen-bond acceptors (Lipinski definition) is 6. The van der Waals surface area contributed by atoms with E-state index in [1.54, 1.807) is 13.2 Å². The molecule has 1 aliphatic carbocycles. The molecule has 0 saturated carbocycles. The summed E-state index contributed by atoms with van der Waals surface area (Å²) in [7, 11) is 1.63. The van der Waals surface area contributed by atoms with Crippen LogP contribution in [0.15, 0.2) is 64.8 Å². The standard InChI is InChI=1S/C27H24N2O4S/c1-3-33-20-10-6-17(7-11-20)24-15-34-27(29-24)22-14-21-23(28-26(22)31)12-18(13-25(21)30)16-4-8-19(32-2)9-5-16/h4-11,14-15,18H,3,12-13H2,1-2H3,(H,28,31). The highest BCUT2D eigenvalue weighted by atomic mass is 32.1. The maximum atomic E-state index is 13.0. The minimum Gasteiger partial charge on any atom is -0.497 e. The molecule has 5 rings (SSSR count). The topological polar surface area (TPSA) is 81.3 Å². The summed E-state index contributed by atoms with van der Waals surface area (Å²) in [5.41, 5.74) is 4.26. The number of nitrogens with one attached hydrogen (secondary N) is 1. The number of benzene rings is 2. The predicted molar refractivity (Wildman–Crippen MR) is 133 cm³/mol. The number of carbonyl (C=O) groups is 1. The molecule has 2 aromatic heterocycles. The molecule has 0 radical (unpaired) electrons. The molecule has 2 heterocycles. The molecule has 0 bridgehead atoms. The van der Waals surface area contributed by atoms with Gasteiger partial charge in [-0.2, -0.15) is 0 Å². The fourth-order valence-electron chi connectivity index (χ4n) is 4.32. The zero-order valence-electron chi connectivity index (χ0n) is 19.0. The van der Waals surface area contributed by atoms with Crippen LogP contribution in [0.2, 0.25) is 0 Å². The minimum absolute atomic E-state index is 0.0264. The van der Waals surface area contributed by atoms with Crippen LogP contribution in [0.5, 0.6) is 11.5 Å². The van der Waals surface area contributed by atoms with Crippen molar-refractivity contribution in [3.05, 3.63) is 87.2 Å². The first-order valence-electron chi connectivity index (χ1n) is 11.2. The van der Waals surface area contributed by atoms with Gasteiger partial charge in [-0.3, -0.25) is 9.59 Å². The molecule has 1 aliphatic rings. The third kappa shape index (κ3) is 4.26. The molecule has 0 saturated heterocycles. The molecule has 2 aromatic carbocycles. The Labute approximate surface area is 201 Å². The number of Topliss-reactive ketones (excluding diaryl/α,β-unsaturated/α-hetero) is 1. The summed E-state index contributed by atoms with van der Waals surface area (Å²) in [6.45, 7) is 2.56. The van der Waals surface area contributed by atoms with Crippen LogP contribution in [0.4, 0.5) is 0 Å². The van der Waals surface area contributed by atoms with Crippen molar-refractivity contribution in [1.29, 1.82) is 0 Å². The Morgan fingerprint density at radius 2 is 1.74 bits per heavy atom. The Balaban J connectivity index is 1.42. The maximum absolute atomic E-state index is 13.0. The van der Waals surface area contributed by atoms with Crippen molar-refractivity contribution in [3.8, 4) is 33.3 Å². The van der Waals surface area contributed by atoms with Crippen LogP contribution < -0.4 is 15.0 Å². The number of thiazole rings is 1. The van der Waals surface area contributed by atoms with Gasteiger partial charge in [-0.15, -0.1) is 11.3 Å². The van der Waals surface area contributed by atoms with Gasteiger partial charge in [0.2, 0.25) is 0 Å². The molecule has 6 nitrogen and oxygen atoms in total. The summed E-state index contributed by atoms with van der Waals surface area (Å²) in [5.74, 6) is 1.64. The van der Waals surface area contributed by atoms with Gasteiger partial charge in [-0.1, -0.05) is 12.1 Å². The van der Waals surface area contributed by atoms with Gasteiger partial charge in [-0.25, -0.2) is 4.98 Å². The molecule has 7 heteroatoms. The van der Waals surface area contributed by atoms with Crippen molar-refractivity contribution in [2.45, 2.75) is 25.7 Å². The Hall–Kier alpha value is -3.71. The van der Waals surface area contributed by atoms with Crippen LogP contribution in [-0.4, -0.2) is 29.5 Å². The quantitative estimate of drug-likeness (QED) is 0.402. The van der Waals surface area contributed by atoms with Crippen molar-refractivity contribution in [2.24, 2.45) is 0 Å². The lowest BCUT2D eigenvalue weighted by molar-refractivity contribution is 0.0963. The molecule has 172 valence electrons. The normalized spacial score (nSPS) is 15.1. The number of H-pyrrole nitrogens is 1. The second-order valence-corrected chi connectivity index (χ2v) is 9.06. The van der Waals surface area contributed by atoms with Crippen molar-refractivity contribution in [2.75, 3.05) is 13.7 Å². The molecule has 1 N–H and O–H groups in total. The van der Waals surface area contributed by atoms with Crippen LogP contribution in [-0.2, 0) is 6.42 Å². The molecule has 0 fully saturated rings. The second-order valence-electron chi connectivity index (χ2n) is 8.20. The molecule has 1 atom stereocenters. The van der Waals surface area contributed by atoms with E-state index in [-0.39, 0.29) is 17.3 Å². The van der Waals surface area contributed by atoms with Gasteiger partial charge in [0.25, 0.3) is 5.56 Å². The molecule has 0 amide bonds. The van der Waals surface area contributed by atoms with Gasteiger partial charge in [0, 0.05) is 28.6 Å². The molecule has 34 heavy (non-hydrogen) atoms. The summed E-state index contributed by atoms with van der Waals surface area (Å²) in [5, 5.41) is 2.52. The Kier molecular flexibility index (Phi) is 6.02. The summed E-state index contributed by atoms with van der Waals surface area (Å²) in [6.07, 6.45) is 1.01. The van der Waals surface area contributed by atoms with Crippen molar-refractivity contribution in [1.82, 2.24) is 9.97 Å². The minimum atomic E-state index is -0.227. The first kappa shape index (κ1) is 22.1. The SMILES string of the molecule is CCOc1ccc(-c2csc(-c3cc4c([nH]c3=O)CC(c3ccc(OC)cc3)CC4=O)n2)cc1. The maximum Gasteiger partial charge on any atom is 0.258 e.